The lowest BCUT2D eigenvalue weighted by Crippen LogP contribution is -2.51. The molecule has 0 N–H and O–H groups in total. The van der Waals surface area contributed by atoms with E-state index in [4.69, 9.17) is 0 Å². The zero-order valence-corrected chi connectivity index (χ0v) is 19.0. The summed E-state index contributed by atoms with van der Waals surface area (Å²) in [4.78, 5) is 48.9. The predicted molar refractivity (Wildman–Crippen MR) is 124 cm³/mol. The number of ketones is 1. The summed E-state index contributed by atoms with van der Waals surface area (Å²) in [7, 11) is 0. The molecule has 4 atom stereocenters. The maximum Gasteiger partial charge on any atom is 0.235 e. The van der Waals surface area contributed by atoms with Crippen LogP contribution in [0, 0.1) is 17.3 Å². The van der Waals surface area contributed by atoms with E-state index >= 15 is 0 Å². The third kappa shape index (κ3) is 2.85. The van der Waals surface area contributed by atoms with E-state index in [-0.39, 0.29) is 23.6 Å². The zero-order valence-electron chi connectivity index (χ0n) is 19.0. The number of pyridine rings is 1. The van der Waals surface area contributed by atoms with Crippen molar-refractivity contribution < 1.29 is 14.4 Å². The average molecular weight is 432 g/mol. The molecule has 2 saturated heterocycles. The van der Waals surface area contributed by atoms with Gasteiger partial charge < -0.3 is 4.90 Å². The molecule has 6 nitrogen and oxygen atoms in total. The van der Waals surface area contributed by atoms with E-state index in [9.17, 15) is 14.4 Å². The Morgan fingerprint density at radius 1 is 1.09 bits per heavy atom. The molecule has 2 aromatic rings. The number of benzene rings is 1. The molecule has 32 heavy (non-hydrogen) atoms. The summed E-state index contributed by atoms with van der Waals surface area (Å²) in [5.74, 6) is -1.56. The van der Waals surface area contributed by atoms with Crippen LogP contribution in [0.2, 0.25) is 0 Å². The molecule has 3 aliphatic heterocycles. The molecule has 166 valence electrons. The number of fused-ring (bicyclic) bond motifs is 7. The summed E-state index contributed by atoms with van der Waals surface area (Å²) in [6, 6.07) is 6.90. The molecular weight excluding hydrogens is 402 g/mol. The van der Waals surface area contributed by atoms with Gasteiger partial charge in [0.05, 0.1) is 29.1 Å². The highest BCUT2D eigenvalue weighted by atomic mass is 16.2. The van der Waals surface area contributed by atoms with E-state index in [1.165, 1.54) is 4.90 Å². The van der Waals surface area contributed by atoms with E-state index in [1.807, 2.05) is 69.0 Å². The second-order valence-electron chi connectivity index (χ2n) is 10.1. The Kier molecular flexibility index (Phi) is 4.73. The van der Waals surface area contributed by atoms with Crippen molar-refractivity contribution in [1.82, 2.24) is 9.88 Å². The van der Waals surface area contributed by atoms with Gasteiger partial charge in [-0.15, -0.1) is 0 Å². The minimum Gasteiger partial charge on any atom is -0.351 e. The van der Waals surface area contributed by atoms with Crippen molar-refractivity contribution in [3.8, 4) is 0 Å². The highest BCUT2D eigenvalue weighted by Crippen LogP contribution is 2.51. The molecule has 4 heterocycles. The highest BCUT2D eigenvalue weighted by molar-refractivity contribution is 6.13. The molecule has 2 fully saturated rings. The number of aromatic nitrogens is 1. The molecule has 0 spiro atoms. The second-order valence-corrected chi connectivity index (χ2v) is 10.1. The summed E-state index contributed by atoms with van der Waals surface area (Å²) < 4.78 is 0. The molecule has 1 aromatic carbocycles. The summed E-state index contributed by atoms with van der Waals surface area (Å²) in [6.07, 6.45) is 7.43. The lowest BCUT2D eigenvalue weighted by Gasteiger charge is -2.39. The number of amides is 2. The number of Topliss-reactive ketones (excluding diaryl/α,β-unsaturated/α-hetero) is 1. The number of carbonyl (C=O) groups excluding carboxylic acids is 3. The van der Waals surface area contributed by atoms with Crippen LogP contribution in [0.1, 0.15) is 46.1 Å². The van der Waals surface area contributed by atoms with E-state index in [1.54, 1.807) is 6.20 Å². The van der Waals surface area contributed by atoms with E-state index in [0.29, 0.717) is 6.54 Å². The Morgan fingerprint density at radius 3 is 2.56 bits per heavy atom. The van der Waals surface area contributed by atoms with Crippen molar-refractivity contribution in [3.63, 3.8) is 0 Å². The topological polar surface area (TPSA) is 70.6 Å². The van der Waals surface area contributed by atoms with E-state index < -0.39 is 23.3 Å². The molecular formula is C26H29N3O3. The van der Waals surface area contributed by atoms with Gasteiger partial charge in [-0.1, -0.05) is 64.5 Å². The quantitative estimate of drug-likeness (QED) is 0.688. The molecule has 1 aromatic heterocycles. The van der Waals surface area contributed by atoms with Crippen LogP contribution in [-0.2, 0) is 14.4 Å². The molecule has 3 aliphatic rings. The van der Waals surface area contributed by atoms with Gasteiger partial charge in [-0.05, 0) is 18.1 Å². The standard InChI is InChI=1S/C26H29N3O3/c1-5-6-14-28-24(31)18-17-12-11-16-10-9-15-8-7-13-27-20(15)21(16)29(17)22(19(18)25(28)32)23(30)26(2,3)4/h7-13,17-19,22H,5-6,14H2,1-4H3/t17-,18+,19+,22+/m1/s1. The Bertz CT molecular complexity index is 1160. The van der Waals surface area contributed by atoms with Crippen molar-refractivity contribution in [2.75, 3.05) is 11.4 Å². The van der Waals surface area contributed by atoms with Gasteiger partial charge in [0.2, 0.25) is 11.8 Å². The molecule has 5 rings (SSSR count). The first-order valence-electron chi connectivity index (χ1n) is 11.5. The average Bonchev–Trinajstić information content (AvgIpc) is 3.23. The van der Waals surface area contributed by atoms with Gasteiger partial charge in [-0.2, -0.15) is 0 Å². The van der Waals surface area contributed by atoms with Crippen LogP contribution in [0.4, 0.5) is 5.69 Å². The molecule has 0 unspecified atom stereocenters. The maximum absolute atomic E-state index is 13.8. The first kappa shape index (κ1) is 20.9. The third-order valence-corrected chi connectivity index (χ3v) is 7.07. The Hall–Kier alpha value is -3.02. The van der Waals surface area contributed by atoms with Gasteiger partial charge in [-0.3, -0.25) is 24.3 Å². The minimum atomic E-state index is -0.690. The number of rotatable bonds is 4. The van der Waals surface area contributed by atoms with Crippen molar-refractivity contribution in [2.24, 2.45) is 17.3 Å². The number of unbranched alkanes of at least 4 members (excludes halogenated alkanes) is 1. The number of imide groups is 1. The van der Waals surface area contributed by atoms with Crippen LogP contribution >= 0.6 is 0 Å². The minimum absolute atomic E-state index is 0.0114. The second kappa shape index (κ2) is 7.26. The molecule has 0 aliphatic carbocycles. The lowest BCUT2D eigenvalue weighted by atomic mass is 9.79. The summed E-state index contributed by atoms with van der Waals surface area (Å²) >= 11 is 0. The number of likely N-dealkylation sites (tertiary alicyclic amines) is 1. The molecule has 0 bridgehead atoms. The fourth-order valence-electron chi connectivity index (χ4n) is 5.52. The van der Waals surface area contributed by atoms with Gasteiger partial charge in [0.15, 0.2) is 5.78 Å². The van der Waals surface area contributed by atoms with Crippen molar-refractivity contribution in [1.29, 1.82) is 0 Å². The van der Waals surface area contributed by atoms with E-state index in [0.717, 1.165) is 35.0 Å². The maximum atomic E-state index is 13.8. The SMILES string of the molecule is CCCCN1C(=O)[C@@H]2[C@H](C1=O)[C@@H](C(=O)C(C)(C)C)N1c3c(ccc4cccnc34)C=C[C@H]21. The summed E-state index contributed by atoms with van der Waals surface area (Å²) in [6.45, 7) is 8.12. The van der Waals surface area contributed by atoms with Crippen LogP contribution in [0.3, 0.4) is 0 Å². The molecule has 0 radical (unpaired) electrons. The summed E-state index contributed by atoms with van der Waals surface area (Å²) in [5, 5.41) is 0.974. The lowest BCUT2D eigenvalue weighted by molar-refractivity contribution is -0.142. The first-order chi connectivity index (χ1) is 15.3. The van der Waals surface area contributed by atoms with Gasteiger partial charge in [0.25, 0.3) is 0 Å². The van der Waals surface area contributed by atoms with Crippen LogP contribution in [-0.4, -0.2) is 46.1 Å². The van der Waals surface area contributed by atoms with Crippen LogP contribution < -0.4 is 4.90 Å². The van der Waals surface area contributed by atoms with Crippen LogP contribution in [0.25, 0.3) is 17.0 Å². The predicted octanol–water partition coefficient (Wildman–Crippen LogP) is 3.84. The smallest absolute Gasteiger partial charge is 0.235 e. The van der Waals surface area contributed by atoms with Gasteiger partial charge in [0, 0.05) is 23.5 Å². The Morgan fingerprint density at radius 2 is 1.84 bits per heavy atom. The largest absolute Gasteiger partial charge is 0.351 e. The number of carbonyl (C=O) groups is 3. The van der Waals surface area contributed by atoms with Gasteiger partial charge in [0.1, 0.15) is 6.04 Å². The first-order valence-corrected chi connectivity index (χ1v) is 11.5. The van der Waals surface area contributed by atoms with Gasteiger partial charge >= 0.3 is 0 Å². The zero-order chi connectivity index (χ0) is 22.8. The number of anilines is 1. The van der Waals surface area contributed by atoms with Crippen LogP contribution in [0.5, 0.6) is 0 Å². The Labute approximate surface area is 188 Å². The molecule has 6 heteroatoms. The fourth-order valence-corrected chi connectivity index (χ4v) is 5.52. The number of nitrogens with zero attached hydrogens (tertiary/aromatic N) is 3. The van der Waals surface area contributed by atoms with Crippen molar-refractivity contribution >= 4 is 40.3 Å². The van der Waals surface area contributed by atoms with Crippen LogP contribution in [0.15, 0.2) is 36.5 Å². The third-order valence-electron chi connectivity index (χ3n) is 7.07. The van der Waals surface area contributed by atoms with Crippen molar-refractivity contribution in [2.45, 2.75) is 52.6 Å². The Balaban J connectivity index is 1.70. The normalized spacial score (nSPS) is 26.5. The highest BCUT2D eigenvalue weighted by Gasteiger charge is 2.64. The van der Waals surface area contributed by atoms with Gasteiger partial charge in [-0.25, -0.2) is 0 Å². The molecule has 2 amide bonds. The van der Waals surface area contributed by atoms with E-state index in [2.05, 4.69) is 4.98 Å². The fraction of sp³-hybridized carbons (Fsp3) is 0.462. The number of hydrogen-bond donors (Lipinski definition) is 0. The number of hydrogen-bond acceptors (Lipinski definition) is 5. The summed E-state index contributed by atoms with van der Waals surface area (Å²) in [5.41, 5.74) is 1.97. The molecule has 0 saturated carbocycles. The van der Waals surface area contributed by atoms with Crippen molar-refractivity contribution in [3.05, 3.63) is 42.1 Å². The monoisotopic (exact) mass is 431 g/mol.